The Balaban J connectivity index is 1.68. The smallest absolute Gasteiger partial charge is 0.274 e. The minimum atomic E-state index is -0.226. The van der Waals surface area contributed by atoms with E-state index in [0.29, 0.717) is 17.9 Å². The molecule has 1 aromatic carbocycles. The van der Waals surface area contributed by atoms with Crippen molar-refractivity contribution in [3.8, 4) is 11.3 Å². The summed E-state index contributed by atoms with van der Waals surface area (Å²) in [5, 5.41) is 13.7. The van der Waals surface area contributed by atoms with Gasteiger partial charge < -0.3 is 5.32 Å². The number of thiophene rings is 1. The number of benzene rings is 1. The first kappa shape index (κ1) is 19.0. The molecule has 3 heterocycles. The molecule has 0 spiro atoms. The molecule has 0 bridgehead atoms. The highest BCUT2D eigenvalue weighted by Gasteiger charge is 2.24. The summed E-state index contributed by atoms with van der Waals surface area (Å²) in [5.74, 6) is -0.226. The Hall–Kier alpha value is -3.32. The molecule has 1 unspecified atom stereocenters. The number of hydrogen-bond donors (Lipinski definition) is 1. The van der Waals surface area contributed by atoms with Gasteiger partial charge in [-0.05, 0) is 35.6 Å². The average Bonchev–Trinajstić information content (AvgIpc) is 3.44. The van der Waals surface area contributed by atoms with Gasteiger partial charge in [0, 0.05) is 22.8 Å². The Morgan fingerprint density at radius 1 is 1.10 bits per heavy atom. The molecule has 0 aliphatic rings. The van der Waals surface area contributed by atoms with Crippen molar-refractivity contribution >= 4 is 17.2 Å². The number of carbonyl (C=O) groups is 1. The number of amides is 1. The summed E-state index contributed by atoms with van der Waals surface area (Å²) in [7, 11) is 0. The molecule has 4 rings (SSSR count). The minimum Gasteiger partial charge on any atom is -0.343 e. The summed E-state index contributed by atoms with van der Waals surface area (Å²) >= 11 is 1.64. The molecular formula is C22H21N5OS. The minimum absolute atomic E-state index is 0.0490. The van der Waals surface area contributed by atoms with Gasteiger partial charge in [-0.3, -0.25) is 9.78 Å². The standard InChI is InChI=1S/C22H21N5OS/c1-2-18(19-9-6-14-29-19)24-22(28)20-21(17-10-12-23-13-11-17)27(26-25-20)15-16-7-4-3-5-8-16/h3-14,18H,2,15H2,1H3,(H,24,28). The van der Waals surface area contributed by atoms with Crippen LogP contribution in [-0.2, 0) is 6.54 Å². The zero-order valence-corrected chi connectivity index (χ0v) is 16.8. The number of carbonyl (C=O) groups excluding carboxylic acids is 1. The van der Waals surface area contributed by atoms with E-state index in [9.17, 15) is 4.79 Å². The Kier molecular flexibility index (Phi) is 5.76. The SMILES string of the molecule is CCC(NC(=O)c1nnn(Cc2ccccc2)c1-c1ccncc1)c1cccs1. The summed E-state index contributed by atoms with van der Waals surface area (Å²) < 4.78 is 1.77. The molecule has 1 N–H and O–H groups in total. The topological polar surface area (TPSA) is 72.7 Å². The van der Waals surface area contributed by atoms with Crippen molar-refractivity contribution in [3.05, 3.63) is 88.5 Å². The molecule has 0 radical (unpaired) electrons. The van der Waals surface area contributed by atoms with Gasteiger partial charge in [-0.1, -0.05) is 48.5 Å². The third-order valence-electron chi connectivity index (χ3n) is 4.68. The van der Waals surface area contributed by atoms with E-state index in [2.05, 4.69) is 27.5 Å². The van der Waals surface area contributed by atoms with Gasteiger partial charge in [0.1, 0.15) is 5.69 Å². The lowest BCUT2D eigenvalue weighted by molar-refractivity contribution is 0.0932. The Morgan fingerprint density at radius 3 is 2.59 bits per heavy atom. The van der Waals surface area contributed by atoms with Crippen molar-refractivity contribution in [2.24, 2.45) is 0 Å². The predicted octanol–water partition coefficient (Wildman–Crippen LogP) is 4.33. The van der Waals surface area contributed by atoms with Crippen molar-refractivity contribution in [1.29, 1.82) is 0 Å². The highest BCUT2D eigenvalue weighted by atomic mass is 32.1. The summed E-state index contributed by atoms with van der Waals surface area (Å²) in [5.41, 5.74) is 2.96. The molecule has 7 heteroatoms. The number of pyridine rings is 1. The van der Waals surface area contributed by atoms with Crippen LogP contribution >= 0.6 is 11.3 Å². The zero-order valence-electron chi connectivity index (χ0n) is 16.0. The molecule has 29 heavy (non-hydrogen) atoms. The molecule has 3 aromatic heterocycles. The van der Waals surface area contributed by atoms with Crippen LogP contribution in [0, 0.1) is 0 Å². The number of rotatable bonds is 7. The second-order valence-electron chi connectivity index (χ2n) is 6.62. The van der Waals surface area contributed by atoms with Crippen LogP contribution in [0.1, 0.15) is 40.3 Å². The third kappa shape index (κ3) is 4.25. The average molecular weight is 404 g/mol. The lowest BCUT2D eigenvalue weighted by Crippen LogP contribution is -2.28. The molecule has 0 aliphatic carbocycles. The van der Waals surface area contributed by atoms with Crippen LogP contribution in [-0.4, -0.2) is 25.9 Å². The number of hydrogen-bond acceptors (Lipinski definition) is 5. The van der Waals surface area contributed by atoms with Crippen molar-refractivity contribution in [2.45, 2.75) is 25.9 Å². The van der Waals surface area contributed by atoms with Gasteiger partial charge in [-0.25, -0.2) is 4.68 Å². The molecule has 1 atom stereocenters. The Bertz CT molecular complexity index is 1060. The highest BCUT2D eigenvalue weighted by Crippen LogP contribution is 2.25. The van der Waals surface area contributed by atoms with E-state index in [4.69, 9.17) is 0 Å². The maximum absolute atomic E-state index is 13.1. The summed E-state index contributed by atoms with van der Waals surface area (Å²) in [6, 6.07) is 17.7. The van der Waals surface area contributed by atoms with Crippen molar-refractivity contribution < 1.29 is 4.79 Å². The van der Waals surface area contributed by atoms with Gasteiger partial charge in [-0.2, -0.15) is 0 Å². The van der Waals surface area contributed by atoms with Gasteiger partial charge >= 0.3 is 0 Å². The van der Waals surface area contributed by atoms with Crippen LogP contribution in [0.5, 0.6) is 0 Å². The first-order valence-electron chi connectivity index (χ1n) is 9.48. The lowest BCUT2D eigenvalue weighted by atomic mass is 10.1. The molecular weight excluding hydrogens is 382 g/mol. The van der Waals surface area contributed by atoms with Crippen molar-refractivity contribution in [2.75, 3.05) is 0 Å². The second kappa shape index (κ2) is 8.79. The fourth-order valence-electron chi connectivity index (χ4n) is 3.22. The predicted molar refractivity (Wildman–Crippen MR) is 114 cm³/mol. The van der Waals surface area contributed by atoms with E-state index in [-0.39, 0.29) is 11.9 Å². The molecule has 0 saturated heterocycles. The first-order chi connectivity index (χ1) is 14.3. The largest absolute Gasteiger partial charge is 0.343 e. The molecule has 0 fully saturated rings. The van der Waals surface area contributed by atoms with E-state index < -0.39 is 0 Å². The zero-order chi connectivity index (χ0) is 20.1. The molecule has 0 aliphatic heterocycles. The van der Waals surface area contributed by atoms with Crippen LogP contribution in [0.4, 0.5) is 0 Å². The van der Waals surface area contributed by atoms with E-state index in [1.54, 1.807) is 28.4 Å². The maximum Gasteiger partial charge on any atom is 0.274 e. The Morgan fingerprint density at radius 2 is 1.90 bits per heavy atom. The molecule has 0 saturated carbocycles. The first-order valence-corrected chi connectivity index (χ1v) is 10.4. The summed E-state index contributed by atoms with van der Waals surface area (Å²) in [6.45, 7) is 2.58. The number of aromatic nitrogens is 4. The van der Waals surface area contributed by atoms with Gasteiger partial charge in [0.2, 0.25) is 0 Å². The Labute approximate surface area is 173 Å². The summed E-state index contributed by atoms with van der Waals surface area (Å²) in [6.07, 6.45) is 4.21. The molecule has 1 amide bonds. The van der Waals surface area contributed by atoms with E-state index in [1.807, 2.05) is 60.0 Å². The van der Waals surface area contributed by atoms with E-state index >= 15 is 0 Å². The van der Waals surface area contributed by atoms with Crippen LogP contribution in [0.3, 0.4) is 0 Å². The van der Waals surface area contributed by atoms with Crippen LogP contribution in [0.2, 0.25) is 0 Å². The van der Waals surface area contributed by atoms with Crippen LogP contribution in [0.25, 0.3) is 11.3 Å². The summed E-state index contributed by atoms with van der Waals surface area (Å²) in [4.78, 5) is 18.3. The fraction of sp³-hybridized carbons (Fsp3) is 0.182. The maximum atomic E-state index is 13.1. The quantitative estimate of drug-likeness (QED) is 0.498. The van der Waals surface area contributed by atoms with E-state index in [1.165, 1.54) is 0 Å². The lowest BCUT2D eigenvalue weighted by Gasteiger charge is -2.15. The van der Waals surface area contributed by atoms with Crippen molar-refractivity contribution in [3.63, 3.8) is 0 Å². The van der Waals surface area contributed by atoms with Crippen LogP contribution < -0.4 is 5.32 Å². The fourth-order valence-corrected chi connectivity index (χ4v) is 4.08. The number of nitrogens with zero attached hydrogens (tertiary/aromatic N) is 4. The third-order valence-corrected chi connectivity index (χ3v) is 5.67. The van der Waals surface area contributed by atoms with Gasteiger partial charge in [-0.15, -0.1) is 16.4 Å². The second-order valence-corrected chi connectivity index (χ2v) is 7.59. The highest BCUT2D eigenvalue weighted by molar-refractivity contribution is 7.10. The van der Waals surface area contributed by atoms with Crippen molar-refractivity contribution in [1.82, 2.24) is 25.3 Å². The number of nitrogens with one attached hydrogen (secondary N) is 1. The normalized spacial score (nSPS) is 11.9. The van der Waals surface area contributed by atoms with E-state index in [0.717, 1.165) is 22.4 Å². The van der Waals surface area contributed by atoms with Gasteiger partial charge in [0.15, 0.2) is 5.69 Å². The molecule has 146 valence electrons. The molecule has 4 aromatic rings. The molecule has 6 nitrogen and oxygen atoms in total. The van der Waals surface area contributed by atoms with Crippen LogP contribution in [0.15, 0.2) is 72.4 Å². The van der Waals surface area contributed by atoms with Gasteiger partial charge in [0.25, 0.3) is 5.91 Å². The monoisotopic (exact) mass is 403 g/mol. The van der Waals surface area contributed by atoms with Gasteiger partial charge in [0.05, 0.1) is 12.6 Å².